The first-order chi connectivity index (χ1) is 10.5. The highest BCUT2D eigenvalue weighted by molar-refractivity contribution is 5.75. The van der Waals surface area contributed by atoms with Crippen LogP contribution in [-0.2, 0) is 6.42 Å². The van der Waals surface area contributed by atoms with Crippen LogP contribution in [-0.4, -0.2) is 4.98 Å². The number of benzene rings is 1. The van der Waals surface area contributed by atoms with E-state index in [-0.39, 0.29) is 16.5 Å². The van der Waals surface area contributed by atoms with E-state index in [9.17, 15) is 10.1 Å². The van der Waals surface area contributed by atoms with Crippen molar-refractivity contribution in [2.24, 2.45) is 11.3 Å². The fourth-order valence-electron chi connectivity index (χ4n) is 4.30. The maximum absolute atomic E-state index is 12.4. The Balaban J connectivity index is 2.03. The predicted octanol–water partition coefficient (Wildman–Crippen LogP) is 3.60. The molecule has 3 aliphatic carbocycles. The van der Waals surface area contributed by atoms with E-state index < -0.39 is 0 Å². The summed E-state index contributed by atoms with van der Waals surface area (Å²) in [7, 11) is 0. The Kier molecular flexibility index (Phi) is 2.62. The Morgan fingerprint density at radius 1 is 1.27 bits per heavy atom. The quantitative estimate of drug-likeness (QED) is 0.872. The van der Waals surface area contributed by atoms with Crippen molar-refractivity contribution in [2.45, 2.75) is 32.6 Å². The molecule has 2 aromatic rings. The van der Waals surface area contributed by atoms with Crippen LogP contribution in [0.1, 0.15) is 43.0 Å². The summed E-state index contributed by atoms with van der Waals surface area (Å²) in [4.78, 5) is 15.4. The monoisotopic (exact) mass is 290 g/mol. The molecule has 0 saturated heterocycles. The molecule has 1 N–H and O–H groups in total. The molecular formula is C19H18N2O. The van der Waals surface area contributed by atoms with Gasteiger partial charge in [-0.1, -0.05) is 44.2 Å². The summed E-state index contributed by atoms with van der Waals surface area (Å²) in [5.41, 5.74) is 4.33. The van der Waals surface area contributed by atoms with Crippen molar-refractivity contribution in [3.63, 3.8) is 0 Å². The first-order valence-electron chi connectivity index (χ1n) is 7.78. The molecule has 0 radical (unpaired) electrons. The molecule has 1 aromatic heterocycles. The molecule has 3 heteroatoms. The van der Waals surface area contributed by atoms with Gasteiger partial charge in [0.2, 0.25) is 0 Å². The number of hydrogen-bond acceptors (Lipinski definition) is 2. The lowest BCUT2D eigenvalue weighted by Gasteiger charge is -2.57. The molecule has 2 atom stereocenters. The van der Waals surface area contributed by atoms with Gasteiger partial charge >= 0.3 is 0 Å². The van der Waals surface area contributed by atoms with E-state index in [1.807, 2.05) is 30.3 Å². The van der Waals surface area contributed by atoms with E-state index in [4.69, 9.17) is 0 Å². The normalized spacial score (nSPS) is 24.0. The van der Waals surface area contributed by atoms with Crippen molar-refractivity contribution in [1.29, 1.82) is 5.26 Å². The zero-order valence-electron chi connectivity index (χ0n) is 12.8. The summed E-state index contributed by atoms with van der Waals surface area (Å²) < 4.78 is 0. The minimum atomic E-state index is -0.249. The second kappa shape index (κ2) is 4.33. The second-order valence-electron chi connectivity index (χ2n) is 7.08. The Bertz CT molecular complexity index is 855. The van der Waals surface area contributed by atoms with Crippen LogP contribution < -0.4 is 5.56 Å². The molecule has 5 rings (SSSR count). The van der Waals surface area contributed by atoms with Crippen molar-refractivity contribution < 1.29 is 0 Å². The number of H-pyrrole nitrogens is 1. The topological polar surface area (TPSA) is 56.6 Å². The van der Waals surface area contributed by atoms with Gasteiger partial charge in [-0.25, -0.2) is 0 Å². The van der Waals surface area contributed by atoms with Crippen LogP contribution in [0.25, 0.3) is 11.1 Å². The molecule has 0 spiro atoms. The Morgan fingerprint density at radius 2 is 2.00 bits per heavy atom. The van der Waals surface area contributed by atoms with Crippen LogP contribution in [0.3, 0.4) is 0 Å². The van der Waals surface area contributed by atoms with Crippen LogP contribution >= 0.6 is 0 Å². The Morgan fingerprint density at radius 3 is 2.64 bits per heavy atom. The number of aromatic amines is 1. The SMILES string of the molecule is CC1(C)[C@H]2Cc3c([nH]c(=O)c(C#N)c3-c3ccccc3)[C@@H]1C2. The van der Waals surface area contributed by atoms with E-state index in [1.54, 1.807) is 0 Å². The lowest BCUT2D eigenvalue weighted by molar-refractivity contribution is 0.0155. The highest BCUT2D eigenvalue weighted by Gasteiger charge is 2.53. The molecule has 1 aromatic carbocycles. The molecule has 0 unspecified atom stereocenters. The summed E-state index contributed by atoms with van der Waals surface area (Å²) in [6, 6.07) is 12.0. The first-order valence-corrected chi connectivity index (χ1v) is 7.78. The molecule has 22 heavy (non-hydrogen) atoms. The molecule has 0 aliphatic heterocycles. The third-order valence-corrected chi connectivity index (χ3v) is 5.80. The Hall–Kier alpha value is -2.34. The molecular weight excluding hydrogens is 272 g/mol. The number of hydrogen-bond donors (Lipinski definition) is 1. The smallest absolute Gasteiger partial charge is 0.266 e. The molecule has 0 amide bonds. The third kappa shape index (κ3) is 1.58. The second-order valence-corrected chi connectivity index (χ2v) is 7.08. The third-order valence-electron chi connectivity index (χ3n) is 5.80. The summed E-state index contributed by atoms with van der Waals surface area (Å²) >= 11 is 0. The number of nitrogens with one attached hydrogen (secondary N) is 1. The fraction of sp³-hybridized carbons (Fsp3) is 0.368. The highest BCUT2D eigenvalue weighted by atomic mass is 16.1. The van der Waals surface area contributed by atoms with Gasteiger partial charge in [-0.2, -0.15) is 5.26 Å². The van der Waals surface area contributed by atoms with Crippen LogP contribution in [0.2, 0.25) is 0 Å². The average Bonchev–Trinajstić information content (AvgIpc) is 2.53. The maximum Gasteiger partial charge on any atom is 0.266 e. The van der Waals surface area contributed by atoms with E-state index in [1.165, 1.54) is 5.56 Å². The molecule has 2 bridgehead atoms. The Labute approximate surface area is 129 Å². The summed E-state index contributed by atoms with van der Waals surface area (Å²) in [5, 5.41) is 9.47. The molecule has 110 valence electrons. The summed E-state index contributed by atoms with van der Waals surface area (Å²) in [6.07, 6.45) is 2.10. The van der Waals surface area contributed by atoms with Crippen molar-refractivity contribution in [2.75, 3.05) is 0 Å². The standard InChI is InChI=1S/C19H18N2O/c1-19(2)12-8-13-16(11-6-4-3-5-7-11)14(10-20)18(22)21-17(13)15(19)9-12/h3-7,12,15H,8-9H2,1-2H3,(H,21,22)/t12-,15-/m0/s1. The highest BCUT2D eigenvalue weighted by Crippen LogP contribution is 2.62. The molecule has 1 saturated carbocycles. The largest absolute Gasteiger partial charge is 0.324 e. The number of pyridine rings is 1. The maximum atomic E-state index is 12.4. The van der Waals surface area contributed by atoms with Gasteiger partial charge < -0.3 is 4.98 Å². The minimum Gasteiger partial charge on any atom is -0.324 e. The van der Waals surface area contributed by atoms with Crippen molar-refractivity contribution >= 4 is 0 Å². The summed E-state index contributed by atoms with van der Waals surface area (Å²) in [5.74, 6) is 1.05. The zero-order valence-corrected chi connectivity index (χ0v) is 12.8. The van der Waals surface area contributed by atoms with Gasteiger partial charge in [-0.15, -0.1) is 0 Å². The van der Waals surface area contributed by atoms with Gasteiger partial charge in [0.15, 0.2) is 0 Å². The lowest BCUT2D eigenvalue weighted by Crippen LogP contribution is -2.49. The van der Waals surface area contributed by atoms with Gasteiger partial charge in [-0.3, -0.25) is 4.79 Å². The molecule has 1 fully saturated rings. The van der Waals surface area contributed by atoms with E-state index in [0.717, 1.165) is 29.7 Å². The van der Waals surface area contributed by atoms with Crippen LogP contribution in [0.4, 0.5) is 0 Å². The van der Waals surface area contributed by atoms with Gasteiger partial charge in [-0.05, 0) is 35.3 Å². The van der Waals surface area contributed by atoms with Crippen LogP contribution in [0.5, 0.6) is 0 Å². The van der Waals surface area contributed by atoms with E-state index in [2.05, 4.69) is 24.9 Å². The van der Waals surface area contributed by atoms with Gasteiger partial charge in [0.1, 0.15) is 11.6 Å². The minimum absolute atomic E-state index is 0.248. The number of aromatic nitrogens is 1. The number of nitrogens with zero attached hydrogens (tertiary/aromatic N) is 1. The van der Waals surface area contributed by atoms with E-state index >= 15 is 0 Å². The fourth-order valence-corrected chi connectivity index (χ4v) is 4.30. The molecule has 3 aliphatic rings. The van der Waals surface area contributed by atoms with Crippen molar-refractivity contribution in [1.82, 2.24) is 4.98 Å². The van der Waals surface area contributed by atoms with Crippen LogP contribution in [0.15, 0.2) is 35.1 Å². The summed E-state index contributed by atoms with van der Waals surface area (Å²) in [6.45, 7) is 4.57. The van der Waals surface area contributed by atoms with Crippen LogP contribution in [0, 0.1) is 22.7 Å². The molecule has 3 nitrogen and oxygen atoms in total. The lowest BCUT2D eigenvalue weighted by atomic mass is 9.48. The van der Waals surface area contributed by atoms with Crippen molar-refractivity contribution in [3.05, 3.63) is 57.5 Å². The number of nitriles is 1. The van der Waals surface area contributed by atoms with E-state index in [0.29, 0.717) is 11.8 Å². The van der Waals surface area contributed by atoms with Gasteiger partial charge in [0, 0.05) is 17.2 Å². The van der Waals surface area contributed by atoms with Gasteiger partial charge in [0.25, 0.3) is 5.56 Å². The predicted molar refractivity (Wildman–Crippen MR) is 85.5 cm³/mol. The van der Waals surface area contributed by atoms with Gasteiger partial charge in [0.05, 0.1) is 0 Å². The zero-order chi connectivity index (χ0) is 15.5. The first kappa shape index (κ1) is 13.3. The molecule has 1 heterocycles. The average molecular weight is 290 g/mol. The number of rotatable bonds is 1. The van der Waals surface area contributed by atoms with Crippen molar-refractivity contribution in [3.8, 4) is 17.2 Å².